The van der Waals surface area contributed by atoms with Crippen LogP contribution in [0.15, 0.2) is 12.1 Å². The number of nitrogens with zero attached hydrogens (tertiary/aromatic N) is 1. The Balaban J connectivity index is 3.41. The Kier molecular flexibility index (Phi) is 2.88. The maximum atomic E-state index is 10.7. The van der Waals surface area contributed by atoms with E-state index in [0.29, 0.717) is 5.56 Å². The second-order valence-corrected chi connectivity index (χ2v) is 3.09. The lowest BCUT2D eigenvalue weighted by Gasteiger charge is -2.06. The van der Waals surface area contributed by atoms with Gasteiger partial charge in [0.15, 0.2) is 0 Å². The van der Waals surface area contributed by atoms with Crippen LogP contribution in [0.3, 0.4) is 0 Å². The number of benzene rings is 1. The van der Waals surface area contributed by atoms with Crippen LogP contribution in [0, 0.1) is 18.3 Å². The SMILES string of the molecule is CCc1c(C)cc(C(=O)O)cc1C#N. The van der Waals surface area contributed by atoms with Gasteiger partial charge in [0, 0.05) is 0 Å². The average molecular weight is 189 g/mol. The van der Waals surface area contributed by atoms with Crippen LogP contribution in [-0.2, 0) is 6.42 Å². The molecule has 1 aromatic carbocycles. The van der Waals surface area contributed by atoms with Crippen molar-refractivity contribution in [3.05, 3.63) is 34.4 Å². The van der Waals surface area contributed by atoms with Crippen molar-refractivity contribution in [3.8, 4) is 6.07 Å². The van der Waals surface area contributed by atoms with Crippen LogP contribution < -0.4 is 0 Å². The molecule has 1 rings (SSSR count). The molecule has 14 heavy (non-hydrogen) atoms. The zero-order chi connectivity index (χ0) is 10.7. The van der Waals surface area contributed by atoms with E-state index in [1.807, 2.05) is 19.9 Å². The van der Waals surface area contributed by atoms with Gasteiger partial charge < -0.3 is 5.11 Å². The fraction of sp³-hybridized carbons (Fsp3) is 0.273. The highest BCUT2D eigenvalue weighted by atomic mass is 16.4. The minimum atomic E-state index is -0.993. The summed E-state index contributed by atoms with van der Waals surface area (Å²) in [4.78, 5) is 10.7. The molecule has 0 heterocycles. The maximum absolute atomic E-state index is 10.7. The van der Waals surface area contributed by atoms with Gasteiger partial charge in [-0.15, -0.1) is 0 Å². The summed E-state index contributed by atoms with van der Waals surface area (Å²) in [6, 6.07) is 5.04. The van der Waals surface area contributed by atoms with Gasteiger partial charge in [0.2, 0.25) is 0 Å². The highest BCUT2D eigenvalue weighted by Gasteiger charge is 2.10. The van der Waals surface area contributed by atoms with Gasteiger partial charge in [0.25, 0.3) is 0 Å². The van der Waals surface area contributed by atoms with E-state index in [-0.39, 0.29) is 5.56 Å². The van der Waals surface area contributed by atoms with Crippen LogP contribution in [0.2, 0.25) is 0 Å². The summed E-state index contributed by atoms with van der Waals surface area (Å²) in [7, 11) is 0. The molecule has 0 saturated carbocycles. The van der Waals surface area contributed by atoms with Gasteiger partial charge in [0.1, 0.15) is 0 Å². The molecule has 72 valence electrons. The number of aryl methyl sites for hydroxylation is 1. The molecule has 0 aliphatic heterocycles. The molecule has 0 radical (unpaired) electrons. The predicted molar refractivity (Wildman–Crippen MR) is 52.2 cm³/mol. The van der Waals surface area contributed by atoms with Crippen molar-refractivity contribution >= 4 is 5.97 Å². The van der Waals surface area contributed by atoms with E-state index in [4.69, 9.17) is 10.4 Å². The number of carbonyl (C=O) groups is 1. The van der Waals surface area contributed by atoms with Crippen molar-refractivity contribution in [2.24, 2.45) is 0 Å². The Morgan fingerprint density at radius 3 is 2.64 bits per heavy atom. The standard InChI is InChI=1S/C11H11NO2/c1-3-10-7(2)4-8(11(13)14)5-9(10)6-12/h4-5H,3H2,1-2H3,(H,13,14). The first-order valence-electron chi connectivity index (χ1n) is 4.37. The van der Waals surface area contributed by atoms with Gasteiger partial charge in [-0.2, -0.15) is 5.26 Å². The summed E-state index contributed by atoms with van der Waals surface area (Å²) >= 11 is 0. The van der Waals surface area contributed by atoms with Crippen molar-refractivity contribution in [2.75, 3.05) is 0 Å². The Bertz CT molecular complexity index is 416. The highest BCUT2D eigenvalue weighted by Crippen LogP contribution is 2.17. The molecular formula is C11H11NO2. The molecule has 0 aromatic heterocycles. The Labute approximate surface area is 82.6 Å². The van der Waals surface area contributed by atoms with Gasteiger partial charge in [-0.05, 0) is 36.6 Å². The van der Waals surface area contributed by atoms with Gasteiger partial charge in [-0.25, -0.2) is 4.79 Å². The lowest BCUT2D eigenvalue weighted by molar-refractivity contribution is 0.0696. The van der Waals surface area contributed by atoms with Crippen LogP contribution >= 0.6 is 0 Å². The van der Waals surface area contributed by atoms with Gasteiger partial charge in [-0.3, -0.25) is 0 Å². The minimum Gasteiger partial charge on any atom is -0.478 e. The number of hydrogen-bond acceptors (Lipinski definition) is 2. The van der Waals surface area contributed by atoms with E-state index in [0.717, 1.165) is 17.5 Å². The van der Waals surface area contributed by atoms with Crippen molar-refractivity contribution in [3.63, 3.8) is 0 Å². The fourth-order valence-electron chi connectivity index (χ4n) is 1.51. The van der Waals surface area contributed by atoms with E-state index in [2.05, 4.69) is 0 Å². The summed E-state index contributed by atoms with van der Waals surface area (Å²) in [6.45, 7) is 3.77. The quantitative estimate of drug-likeness (QED) is 0.775. The lowest BCUT2D eigenvalue weighted by atomic mass is 9.97. The van der Waals surface area contributed by atoms with Crippen molar-refractivity contribution in [2.45, 2.75) is 20.3 Å². The second-order valence-electron chi connectivity index (χ2n) is 3.09. The smallest absolute Gasteiger partial charge is 0.335 e. The third kappa shape index (κ3) is 1.74. The van der Waals surface area contributed by atoms with E-state index < -0.39 is 5.97 Å². The summed E-state index contributed by atoms with van der Waals surface area (Å²) < 4.78 is 0. The molecule has 0 unspecified atom stereocenters. The predicted octanol–water partition coefficient (Wildman–Crippen LogP) is 2.13. The van der Waals surface area contributed by atoms with Crippen LogP contribution in [0.4, 0.5) is 0 Å². The van der Waals surface area contributed by atoms with E-state index in [1.54, 1.807) is 6.07 Å². The van der Waals surface area contributed by atoms with E-state index >= 15 is 0 Å². The normalized spacial score (nSPS) is 9.50. The molecule has 0 fully saturated rings. The molecular weight excluding hydrogens is 178 g/mol. The zero-order valence-electron chi connectivity index (χ0n) is 8.16. The van der Waals surface area contributed by atoms with Crippen molar-refractivity contribution < 1.29 is 9.90 Å². The summed E-state index contributed by atoms with van der Waals surface area (Å²) in [6.07, 6.45) is 0.745. The first kappa shape index (κ1) is 10.3. The number of carboxylic acids is 1. The van der Waals surface area contributed by atoms with Gasteiger partial charge in [-0.1, -0.05) is 6.92 Å². The molecule has 3 heteroatoms. The molecule has 0 atom stereocenters. The molecule has 0 aliphatic carbocycles. The van der Waals surface area contributed by atoms with Crippen LogP contribution in [0.25, 0.3) is 0 Å². The number of nitriles is 1. The number of carboxylic acid groups (broad SMARTS) is 1. The summed E-state index contributed by atoms with van der Waals surface area (Å²) in [5.41, 5.74) is 2.43. The third-order valence-electron chi connectivity index (χ3n) is 2.19. The summed E-state index contributed by atoms with van der Waals surface area (Å²) in [5, 5.41) is 17.6. The largest absolute Gasteiger partial charge is 0.478 e. The van der Waals surface area contributed by atoms with E-state index in [9.17, 15) is 4.79 Å². The van der Waals surface area contributed by atoms with Gasteiger partial charge >= 0.3 is 5.97 Å². The zero-order valence-corrected chi connectivity index (χ0v) is 8.16. The molecule has 0 aliphatic rings. The monoisotopic (exact) mass is 189 g/mol. The highest BCUT2D eigenvalue weighted by molar-refractivity contribution is 5.88. The molecule has 0 amide bonds. The average Bonchev–Trinajstić information content (AvgIpc) is 2.16. The number of rotatable bonds is 2. The Hall–Kier alpha value is -1.82. The van der Waals surface area contributed by atoms with Crippen molar-refractivity contribution in [1.82, 2.24) is 0 Å². The van der Waals surface area contributed by atoms with Crippen LogP contribution in [-0.4, -0.2) is 11.1 Å². The number of aromatic carboxylic acids is 1. The molecule has 0 saturated heterocycles. The molecule has 3 nitrogen and oxygen atoms in total. The molecule has 1 N–H and O–H groups in total. The van der Waals surface area contributed by atoms with Gasteiger partial charge in [0.05, 0.1) is 17.2 Å². The minimum absolute atomic E-state index is 0.177. The third-order valence-corrected chi connectivity index (χ3v) is 2.19. The maximum Gasteiger partial charge on any atom is 0.335 e. The first-order valence-corrected chi connectivity index (χ1v) is 4.37. The fourth-order valence-corrected chi connectivity index (χ4v) is 1.51. The molecule has 0 spiro atoms. The first-order chi connectivity index (χ1) is 6.60. The lowest BCUT2D eigenvalue weighted by Crippen LogP contribution is -2.01. The van der Waals surface area contributed by atoms with Crippen LogP contribution in [0.5, 0.6) is 0 Å². The number of hydrogen-bond donors (Lipinski definition) is 1. The van der Waals surface area contributed by atoms with Crippen LogP contribution in [0.1, 0.15) is 34.0 Å². The second kappa shape index (κ2) is 3.93. The summed E-state index contributed by atoms with van der Waals surface area (Å²) in [5.74, 6) is -0.993. The Morgan fingerprint density at radius 1 is 1.57 bits per heavy atom. The molecule has 1 aromatic rings. The molecule has 0 bridgehead atoms. The Morgan fingerprint density at radius 2 is 2.21 bits per heavy atom. The van der Waals surface area contributed by atoms with E-state index in [1.165, 1.54) is 6.07 Å². The van der Waals surface area contributed by atoms with Crippen molar-refractivity contribution in [1.29, 1.82) is 5.26 Å². The topological polar surface area (TPSA) is 61.1 Å².